The summed E-state index contributed by atoms with van der Waals surface area (Å²) in [5.41, 5.74) is 3.42. The Morgan fingerprint density at radius 1 is 0.895 bits per heavy atom. The van der Waals surface area contributed by atoms with Crippen LogP contribution < -0.4 is 0 Å². The summed E-state index contributed by atoms with van der Waals surface area (Å²) in [5.74, 6) is 0. The molecular formula is C15H24O3S. The Morgan fingerprint density at radius 2 is 1.32 bits per heavy atom. The van der Waals surface area contributed by atoms with Crippen LogP contribution in [0.2, 0.25) is 0 Å². The quantitative estimate of drug-likeness (QED) is 0.775. The van der Waals surface area contributed by atoms with Gasteiger partial charge in [0.05, 0.1) is 4.90 Å². The lowest BCUT2D eigenvalue weighted by atomic mass is 9.92. The molecule has 0 unspecified atom stereocenters. The van der Waals surface area contributed by atoms with Gasteiger partial charge in [-0.25, -0.2) is 0 Å². The highest BCUT2D eigenvalue weighted by Crippen LogP contribution is 2.25. The van der Waals surface area contributed by atoms with Crippen LogP contribution in [0.15, 0.2) is 17.0 Å². The third-order valence-corrected chi connectivity index (χ3v) is 4.08. The summed E-state index contributed by atoms with van der Waals surface area (Å²) in [5, 5.41) is 0. The van der Waals surface area contributed by atoms with Crippen LogP contribution in [0.4, 0.5) is 0 Å². The standard InChI is InChI=1S/C15H24O3S/c1-4-7-12-10-14(19(16,17)18)11-13(8-5-2)15(12)9-6-3/h10-11H,4-9H2,1-3H3,(H,16,17,18). The van der Waals surface area contributed by atoms with Crippen molar-refractivity contribution in [3.8, 4) is 0 Å². The first-order valence-corrected chi connectivity index (χ1v) is 8.50. The summed E-state index contributed by atoms with van der Waals surface area (Å²) in [4.78, 5) is 0.0410. The van der Waals surface area contributed by atoms with Crippen molar-refractivity contribution in [2.45, 2.75) is 64.2 Å². The summed E-state index contributed by atoms with van der Waals surface area (Å²) in [7, 11) is -4.12. The lowest BCUT2D eigenvalue weighted by Crippen LogP contribution is -2.06. The predicted octanol–water partition coefficient (Wildman–Crippen LogP) is 3.79. The lowest BCUT2D eigenvalue weighted by Gasteiger charge is -2.15. The van der Waals surface area contributed by atoms with Gasteiger partial charge in [0.15, 0.2) is 0 Å². The lowest BCUT2D eigenvalue weighted by molar-refractivity contribution is 0.483. The Balaban J connectivity index is 3.42. The maximum atomic E-state index is 11.4. The monoisotopic (exact) mass is 284 g/mol. The molecule has 0 aliphatic rings. The molecule has 0 saturated carbocycles. The van der Waals surface area contributed by atoms with E-state index in [1.54, 1.807) is 12.1 Å². The van der Waals surface area contributed by atoms with Crippen molar-refractivity contribution in [2.75, 3.05) is 0 Å². The van der Waals surface area contributed by atoms with E-state index in [2.05, 4.69) is 20.8 Å². The van der Waals surface area contributed by atoms with Crippen molar-refractivity contribution in [1.82, 2.24) is 0 Å². The minimum absolute atomic E-state index is 0.0410. The van der Waals surface area contributed by atoms with Crippen LogP contribution in [0.25, 0.3) is 0 Å². The zero-order valence-electron chi connectivity index (χ0n) is 12.1. The summed E-state index contributed by atoms with van der Waals surface area (Å²) in [6.07, 6.45) is 5.66. The van der Waals surface area contributed by atoms with Crippen LogP contribution in [0, 0.1) is 0 Å². The molecule has 0 amide bonds. The topological polar surface area (TPSA) is 54.4 Å². The molecule has 0 aliphatic carbocycles. The Bertz CT molecular complexity index is 491. The molecule has 3 nitrogen and oxygen atoms in total. The zero-order valence-corrected chi connectivity index (χ0v) is 12.9. The maximum Gasteiger partial charge on any atom is 0.294 e. The van der Waals surface area contributed by atoms with Crippen molar-refractivity contribution in [3.63, 3.8) is 0 Å². The van der Waals surface area contributed by atoms with E-state index < -0.39 is 10.1 Å². The van der Waals surface area contributed by atoms with E-state index in [4.69, 9.17) is 0 Å². The molecule has 0 saturated heterocycles. The van der Waals surface area contributed by atoms with Gasteiger partial charge in [-0.05, 0) is 48.1 Å². The molecule has 0 aromatic heterocycles. The number of aryl methyl sites for hydroxylation is 2. The van der Waals surface area contributed by atoms with Gasteiger partial charge in [-0.1, -0.05) is 40.0 Å². The van der Waals surface area contributed by atoms with Gasteiger partial charge < -0.3 is 0 Å². The van der Waals surface area contributed by atoms with Gasteiger partial charge in [-0.2, -0.15) is 8.42 Å². The number of hydrogen-bond acceptors (Lipinski definition) is 2. The molecule has 0 fully saturated rings. The van der Waals surface area contributed by atoms with Gasteiger partial charge in [0, 0.05) is 0 Å². The van der Waals surface area contributed by atoms with Crippen LogP contribution in [-0.4, -0.2) is 13.0 Å². The minimum Gasteiger partial charge on any atom is -0.282 e. The summed E-state index contributed by atoms with van der Waals surface area (Å²) in [6, 6.07) is 3.28. The molecule has 4 heteroatoms. The van der Waals surface area contributed by atoms with Crippen molar-refractivity contribution < 1.29 is 13.0 Å². The van der Waals surface area contributed by atoms with Crippen LogP contribution in [0.5, 0.6) is 0 Å². The second kappa shape index (κ2) is 7.06. The molecule has 1 rings (SSSR count). The number of rotatable bonds is 7. The molecule has 1 aromatic rings. The highest BCUT2D eigenvalue weighted by atomic mass is 32.2. The van der Waals surface area contributed by atoms with Crippen LogP contribution in [0.3, 0.4) is 0 Å². The van der Waals surface area contributed by atoms with E-state index in [1.165, 1.54) is 5.56 Å². The predicted molar refractivity (Wildman–Crippen MR) is 78.2 cm³/mol. The summed E-state index contributed by atoms with van der Waals surface area (Å²) >= 11 is 0. The second-order valence-electron chi connectivity index (χ2n) is 4.95. The fraction of sp³-hybridized carbons (Fsp3) is 0.600. The second-order valence-corrected chi connectivity index (χ2v) is 6.37. The highest BCUT2D eigenvalue weighted by Gasteiger charge is 2.16. The number of benzene rings is 1. The molecule has 1 N–H and O–H groups in total. The zero-order chi connectivity index (χ0) is 14.5. The van der Waals surface area contributed by atoms with Gasteiger partial charge in [-0.15, -0.1) is 0 Å². The normalized spacial score (nSPS) is 11.8. The number of hydrogen-bond donors (Lipinski definition) is 1. The highest BCUT2D eigenvalue weighted by molar-refractivity contribution is 7.85. The first-order valence-electron chi connectivity index (χ1n) is 7.06. The molecule has 0 spiro atoms. The Hall–Kier alpha value is -0.870. The third-order valence-electron chi connectivity index (χ3n) is 3.24. The first kappa shape index (κ1) is 16.2. The van der Waals surface area contributed by atoms with Crippen molar-refractivity contribution in [3.05, 3.63) is 28.8 Å². The van der Waals surface area contributed by atoms with E-state index in [0.717, 1.165) is 49.7 Å². The Kier molecular flexibility index (Phi) is 6.01. The smallest absolute Gasteiger partial charge is 0.282 e. The first-order chi connectivity index (χ1) is 8.93. The van der Waals surface area contributed by atoms with Crippen LogP contribution >= 0.6 is 0 Å². The van der Waals surface area contributed by atoms with Gasteiger partial charge in [0.1, 0.15) is 0 Å². The molecule has 108 valence electrons. The van der Waals surface area contributed by atoms with Crippen molar-refractivity contribution >= 4 is 10.1 Å². The Morgan fingerprint density at radius 3 is 1.63 bits per heavy atom. The van der Waals surface area contributed by atoms with E-state index in [0.29, 0.717) is 0 Å². The molecule has 0 bridgehead atoms. The van der Waals surface area contributed by atoms with Gasteiger partial charge in [-0.3, -0.25) is 4.55 Å². The van der Waals surface area contributed by atoms with Gasteiger partial charge >= 0.3 is 0 Å². The van der Waals surface area contributed by atoms with Gasteiger partial charge in [0.25, 0.3) is 10.1 Å². The van der Waals surface area contributed by atoms with Crippen LogP contribution in [-0.2, 0) is 29.4 Å². The Labute approximate surface area is 116 Å². The molecule has 0 atom stereocenters. The summed E-state index contributed by atoms with van der Waals surface area (Å²) < 4.78 is 32.0. The molecule has 0 radical (unpaired) electrons. The van der Waals surface area contributed by atoms with E-state index in [-0.39, 0.29) is 4.90 Å². The van der Waals surface area contributed by atoms with E-state index in [9.17, 15) is 13.0 Å². The van der Waals surface area contributed by atoms with Crippen molar-refractivity contribution in [2.24, 2.45) is 0 Å². The molecule has 19 heavy (non-hydrogen) atoms. The third kappa shape index (κ3) is 4.32. The SMILES string of the molecule is CCCc1cc(S(=O)(=O)O)cc(CCC)c1CCC. The van der Waals surface area contributed by atoms with E-state index in [1.807, 2.05) is 0 Å². The average molecular weight is 284 g/mol. The molecule has 1 aromatic carbocycles. The summed E-state index contributed by atoms with van der Waals surface area (Å²) in [6.45, 7) is 6.28. The molecular weight excluding hydrogens is 260 g/mol. The fourth-order valence-electron chi connectivity index (χ4n) is 2.47. The largest absolute Gasteiger partial charge is 0.294 e. The van der Waals surface area contributed by atoms with E-state index >= 15 is 0 Å². The minimum atomic E-state index is -4.12. The van der Waals surface area contributed by atoms with Gasteiger partial charge in [0.2, 0.25) is 0 Å². The maximum absolute atomic E-state index is 11.4. The fourth-order valence-corrected chi connectivity index (χ4v) is 3.05. The molecule has 0 heterocycles. The van der Waals surface area contributed by atoms with Crippen LogP contribution in [0.1, 0.15) is 56.7 Å². The molecule has 0 aliphatic heterocycles. The van der Waals surface area contributed by atoms with Crippen molar-refractivity contribution in [1.29, 1.82) is 0 Å². The average Bonchev–Trinajstić information content (AvgIpc) is 2.32.